The third-order valence-corrected chi connectivity index (χ3v) is 4.98. The quantitative estimate of drug-likeness (QED) is 0.390. The largest absolute Gasteiger partial charge is 0.476 e. The van der Waals surface area contributed by atoms with Crippen LogP contribution < -0.4 is 5.43 Å². The number of benzene rings is 2. The molecule has 0 bridgehead atoms. The van der Waals surface area contributed by atoms with Crippen LogP contribution in [0.2, 0.25) is 0 Å². The number of anilines is 1. The third kappa shape index (κ3) is 3.72. The standard InChI is InChI=1S/C20H15N5O2S/c1-12(24-25-20-23-15-7-2-3-8-18(15)28-20)13-5-4-6-14(9-13)16-10-21-11-17(22-16)19(26)27/h2-11H,1H3,(H,23,25)(H,26,27)/b24-12+. The maximum absolute atomic E-state index is 11.1. The van der Waals surface area contributed by atoms with Gasteiger partial charge in [0.25, 0.3) is 0 Å². The summed E-state index contributed by atoms with van der Waals surface area (Å²) in [6.07, 6.45) is 2.77. The minimum absolute atomic E-state index is 0.0919. The lowest BCUT2D eigenvalue weighted by atomic mass is 10.1. The Labute approximate surface area is 164 Å². The summed E-state index contributed by atoms with van der Waals surface area (Å²) in [7, 11) is 0. The molecule has 2 aromatic carbocycles. The lowest BCUT2D eigenvalue weighted by Gasteiger charge is -2.05. The minimum atomic E-state index is -1.11. The molecule has 0 saturated carbocycles. The Kier molecular flexibility index (Phi) is 4.77. The molecule has 7 nitrogen and oxygen atoms in total. The first-order chi connectivity index (χ1) is 13.6. The Morgan fingerprint density at radius 3 is 2.79 bits per heavy atom. The summed E-state index contributed by atoms with van der Waals surface area (Å²) in [5.41, 5.74) is 6.76. The molecule has 2 heterocycles. The summed E-state index contributed by atoms with van der Waals surface area (Å²) < 4.78 is 1.09. The van der Waals surface area contributed by atoms with E-state index in [2.05, 4.69) is 25.5 Å². The fourth-order valence-corrected chi connectivity index (χ4v) is 3.44. The Hall–Kier alpha value is -3.65. The molecule has 0 spiro atoms. The van der Waals surface area contributed by atoms with Gasteiger partial charge < -0.3 is 5.11 Å². The van der Waals surface area contributed by atoms with Gasteiger partial charge in [0, 0.05) is 5.56 Å². The van der Waals surface area contributed by atoms with E-state index in [1.54, 1.807) is 0 Å². The second-order valence-electron chi connectivity index (χ2n) is 5.97. The highest BCUT2D eigenvalue weighted by Crippen LogP contribution is 2.25. The van der Waals surface area contributed by atoms with Gasteiger partial charge >= 0.3 is 5.97 Å². The van der Waals surface area contributed by atoms with E-state index in [1.165, 1.54) is 23.7 Å². The molecule has 138 valence electrons. The van der Waals surface area contributed by atoms with E-state index in [9.17, 15) is 4.79 Å². The van der Waals surface area contributed by atoms with Crippen molar-refractivity contribution in [3.8, 4) is 11.3 Å². The second-order valence-corrected chi connectivity index (χ2v) is 7.00. The lowest BCUT2D eigenvalue weighted by Crippen LogP contribution is -2.03. The fourth-order valence-electron chi connectivity index (χ4n) is 2.63. The van der Waals surface area contributed by atoms with Crippen LogP contribution in [0.5, 0.6) is 0 Å². The van der Waals surface area contributed by atoms with Crippen molar-refractivity contribution in [3.63, 3.8) is 0 Å². The Morgan fingerprint density at radius 1 is 1.11 bits per heavy atom. The monoisotopic (exact) mass is 389 g/mol. The third-order valence-electron chi connectivity index (χ3n) is 4.04. The van der Waals surface area contributed by atoms with Crippen LogP contribution in [-0.4, -0.2) is 31.7 Å². The van der Waals surface area contributed by atoms with Gasteiger partial charge in [0.05, 0.1) is 34.0 Å². The van der Waals surface area contributed by atoms with Crippen molar-refractivity contribution in [2.45, 2.75) is 6.92 Å². The molecule has 0 aliphatic heterocycles. The van der Waals surface area contributed by atoms with Crippen LogP contribution in [0.15, 0.2) is 66.0 Å². The molecule has 0 amide bonds. The number of carboxylic acids is 1. The van der Waals surface area contributed by atoms with Gasteiger partial charge in [-0.1, -0.05) is 41.7 Å². The number of carbonyl (C=O) groups is 1. The van der Waals surface area contributed by atoms with Gasteiger partial charge in [-0.05, 0) is 30.7 Å². The molecule has 28 heavy (non-hydrogen) atoms. The minimum Gasteiger partial charge on any atom is -0.476 e. The molecule has 0 fully saturated rings. The Balaban J connectivity index is 1.58. The molecule has 0 aliphatic rings. The Bertz CT molecular complexity index is 1170. The van der Waals surface area contributed by atoms with Crippen LogP contribution in [0, 0.1) is 0 Å². The molecule has 4 aromatic rings. The average molecular weight is 389 g/mol. The van der Waals surface area contributed by atoms with E-state index in [-0.39, 0.29) is 5.69 Å². The van der Waals surface area contributed by atoms with Gasteiger partial charge in [0.2, 0.25) is 5.13 Å². The summed E-state index contributed by atoms with van der Waals surface area (Å²) >= 11 is 1.54. The topological polar surface area (TPSA) is 100 Å². The number of aromatic carboxylic acids is 1. The SMILES string of the molecule is C/C(=N\Nc1nc2ccccc2s1)c1cccc(-c2cncc(C(=O)O)n2)c1. The van der Waals surface area contributed by atoms with E-state index in [0.717, 1.165) is 32.2 Å². The van der Waals surface area contributed by atoms with Gasteiger partial charge in [-0.3, -0.25) is 10.4 Å². The van der Waals surface area contributed by atoms with E-state index in [1.807, 2.05) is 55.5 Å². The maximum Gasteiger partial charge on any atom is 0.356 e. The zero-order valence-electron chi connectivity index (χ0n) is 14.8. The number of aromatic nitrogens is 3. The molecular weight excluding hydrogens is 374 g/mol. The summed E-state index contributed by atoms with van der Waals surface area (Å²) in [5, 5.41) is 14.2. The van der Waals surface area contributed by atoms with Gasteiger partial charge in [0.15, 0.2) is 5.69 Å². The van der Waals surface area contributed by atoms with Gasteiger partial charge in [-0.2, -0.15) is 5.10 Å². The van der Waals surface area contributed by atoms with E-state index in [4.69, 9.17) is 5.11 Å². The number of hydrogen-bond acceptors (Lipinski definition) is 7. The van der Waals surface area contributed by atoms with Crippen LogP contribution in [0.3, 0.4) is 0 Å². The maximum atomic E-state index is 11.1. The Morgan fingerprint density at radius 2 is 1.96 bits per heavy atom. The van der Waals surface area contributed by atoms with E-state index < -0.39 is 5.97 Å². The van der Waals surface area contributed by atoms with E-state index >= 15 is 0 Å². The van der Waals surface area contributed by atoms with Gasteiger partial charge in [0.1, 0.15) is 0 Å². The van der Waals surface area contributed by atoms with Crippen LogP contribution in [0.1, 0.15) is 23.0 Å². The highest BCUT2D eigenvalue weighted by Gasteiger charge is 2.09. The van der Waals surface area contributed by atoms with Crippen LogP contribution in [0.25, 0.3) is 21.5 Å². The number of nitrogens with one attached hydrogen (secondary N) is 1. The fraction of sp³-hybridized carbons (Fsp3) is 0.0500. The first-order valence-corrected chi connectivity index (χ1v) is 9.24. The molecule has 0 atom stereocenters. The highest BCUT2D eigenvalue weighted by molar-refractivity contribution is 7.22. The predicted octanol–water partition coefficient (Wildman–Crippen LogP) is 4.29. The number of hydrazone groups is 1. The smallest absolute Gasteiger partial charge is 0.356 e. The number of fused-ring (bicyclic) bond motifs is 1. The molecule has 2 N–H and O–H groups in total. The molecule has 0 aliphatic carbocycles. The molecule has 2 aromatic heterocycles. The summed E-state index contributed by atoms with van der Waals surface area (Å²) in [6, 6.07) is 15.5. The van der Waals surface area contributed by atoms with Crippen molar-refractivity contribution in [1.29, 1.82) is 0 Å². The van der Waals surface area contributed by atoms with Crippen molar-refractivity contribution < 1.29 is 9.90 Å². The number of rotatable bonds is 5. The number of carboxylic acid groups (broad SMARTS) is 1. The normalized spacial score (nSPS) is 11.5. The highest BCUT2D eigenvalue weighted by atomic mass is 32.1. The zero-order valence-corrected chi connectivity index (χ0v) is 15.6. The van der Waals surface area contributed by atoms with Crippen LogP contribution in [-0.2, 0) is 0 Å². The molecule has 4 rings (SSSR count). The average Bonchev–Trinajstić information content (AvgIpc) is 3.15. The lowest BCUT2D eigenvalue weighted by molar-refractivity contribution is 0.0690. The van der Waals surface area contributed by atoms with E-state index in [0.29, 0.717) is 5.69 Å². The molecule has 0 saturated heterocycles. The second kappa shape index (κ2) is 7.53. The molecular formula is C20H15N5O2S. The molecule has 0 unspecified atom stereocenters. The predicted molar refractivity (Wildman–Crippen MR) is 110 cm³/mol. The van der Waals surface area contributed by atoms with Crippen molar-refractivity contribution in [3.05, 3.63) is 72.2 Å². The number of para-hydroxylation sites is 1. The summed E-state index contributed by atoms with van der Waals surface area (Å²) in [6.45, 7) is 1.89. The first-order valence-electron chi connectivity index (χ1n) is 8.42. The number of nitrogens with zero attached hydrogens (tertiary/aromatic N) is 4. The number of hydrogen-bond donors (Lipinski definition) is 2. The van der Waals surface area contributed by atoms with Gasteiger partial charge in [-0.25, -0.2) is 14.8 Å². The van der Waals surface area contributed by atoms with Crippen LogP contribution in [0.4, 0.5) is 5.13 Å². The molecule has 8 heteroatoms. The first kappa shape index (κ1) is 17.7. The summed E-state index contributed by atoms with van der Waals surface area (Å²) in [4.78, 5) is 23.7. The van der Waals surface area contributed by atoms with Gasteiger partial charge in [-0.15, -0.1) is 0 Å². The molecule has 0 radical (unpaired) electrons. The van der Waals surface area contributed by atoms with Crippen LogP contribution >= 0.6 is 11.3 Å². The summed E-state index contributed by atoms with van der Waals surface area (Å²) in [5.74, 6) is -1.11. The van der Waals surface area contributed by atoms with Crippen molar-refractivity contribution in [1.82, 2.24) is 15.0 Å². The van der Waals surface area contributed by atoms with Crippen molar-refractivity contribution in [2.75, 3.05) is 5.43 Å². The van der Waals surface area contributed by atoms with Crippen molar-refractivity contribution >= 4 is 38.4 Å². The zero-order chi connectivity index (χ0) is 19.5. The number of thiazole rings is 1. The van der Waals surface area contributed by atoms with Crippen molar-refractivity contribution in [2.24, 2.45) is 5.10 Å².